The summed E-state index contributed by atoms with van der Waals surface area (Å²) in [7, 11) is 1.80. The summed E-state index contributed by atoms with van der Waals surface area (Å²) in [5, 5.41) is 9.53. The van der Waals surface area contributed by atoms with Crippen LogP contribution in [0.4, 0.5) is 5.69 Å². The maximum absolute atomic E-state index is 12.2. The number of hydrogen-bond donors (Lipinski definition) is 1. The number of carbonyl (C=O) groups excluding carboxylic acids is 1. The van der Waals surface area contributed by atoms with E-state index in [0.29, 0.717) is 0 Å². The molecular formula is C15H22N2O2. The number of piperazine rings is 1. The van der Waals surface area contributed by atoms with E-state index in [9.17, 15) is 9.90 Å². The molecule has 4 nitrogen and oxygen atoms in total. The Labute approximate surface area is 114 Å². The van der Waals surface area contributed by atoms with Crippen molar-refractivity contribution in [3.63, 3.8) is 0 Å². The lowest BCUT2D eigenvalue weighted by molar-refractivity contribution is -0.136. The molecule has 1 saturated heterocycles. The second-order valence-electron chi connectivity index (χ2n) is 5.42. The number of aliphatic hydroxyl groups is 1. The van der Waals surface area contributed by atoms with E-state index >= 15 is 0 Å². The third-order valence-electron chi connectivity index (χ3n) is 4.13. The monoisotopic (exact) mass is 262 g/mol. The van der Waals surface area contributed by atoms with E-state index in [1.54, 1.807) is 11.9 Å². The van der Waals surface area contributed by atoms with Crippen LogP contribution in [0.3, 0.4) is 0 Å². The molecule has 19 heavy (non-hydrogen) atoms. The number of nitrogens with zero attached hydrogens (tertiary/aromatic N) is 2. The van der Waals surface area contributed by atoms with Crippen molar-refractivity contribution in [1.82, 2.24) is 4.90 Å². The molecule has 0 bridgehead atoms. The third-order valence-corrected chi connectivity index (χ3v) is 4.13. The first-order chi connectivity index (χ1) is 8.95. The number of likely N-dealkylation sites (N-methyl/N-ethyl adjacent to an activating group) is 1. The van der Waals surface area contributed by atoms with Gasteiger partial charge in [-0.1, -0.05) is 6.07 Å². The van der Waals surface area contributed by atoms with Crippen LogP contribution in [0.2, 0.25) is 0 Å². The van der Waals surface area contributed by atoms with Crippen molar-refractivity contribution in [2.45, 2.75) is 32.9 Å². The molecule has 1 fully saturated rings. The van der Waals surface area contributed by atoms with Crippen LogP contribution in [-0.2, 0) is 4.79 Å². The summed E-state index contributed by atoms with van der Waals surface area (Å²) >= 11 is 0. The van der Waals surface area contributed by atoms with Gasteiger partial charge < -0.3 is 14.9 Å². The first-order valence-electron chi connectivity index (χ1n) is 6.67. The maximum Gasteiger partial charge on any atom is 0.247 e. The van der Waals surface area contributed by atoms with Gasteiger partial charge in [0.15, 0.2) is 0 Å². The molecule has 104 valence electrons. The first-order valence-corrected chi connectivity index (χ1v) is 6.67. The van der Waals surface area contributed by atoms with Crippen molar-refractivity contribution >= 4 is 11.6 Å². The highest BCUT2D eigenvalue weighted by Crippen LogP contribution is 2.25. The highest BCUT2D eigenvalue weighted by atomic mass is 16.3. The zero-order valence-electron chi connectivity index (χ0n) is 12.1. The molecule has 0 aliphatic carbocycles. The average Bonchev–Trinajstić information content (AvgIpc) is 2.39. The van der Waals surface area contributed by atoms with E-state index in [-0.39, 0.29) is 18.6 Å². The van der Waals surface area contributed by atoms with Crippen molar-refractivity contribution in [2.24, 2.45) is 0 Å². The van der Waals surface area contributed by atoms with Crippen molar-refractivity contribution in [2.75, 3.05) is 25.1 Å². The van der Waals surface area contributed by atoms with Crippen molar-refractivity contribution in [1.29, 1.82) is 0 Å². The number of carbonyl (C=O) groups is 1. The lowest BCUT2D eigenvalue weighted by atomic mass is 10.0. The van der Waals surface area contributed by atoms with Crippen LogP contribution >= 0.6 is 0 Å². The van der Waals surface area contributed by atoms with E-state index in [1.165, 1.54) is 11.1 Å². The van der Waals surface area contributed by atoms with Gasteiger partial charge in [0.1, 0.15) is 6.04 Å². The average molecular weight is 262 g/mol. The minimum atomic E-state index is -0.469. The highest BCUT2D eigenvalue weighted by molar-refractivity contribution is 5.87. The largest absolute Gasteiger partial charge is 0.394 e. The molecule has 0 radical (unpaired) electrons. The van der Waals surface area contributed by atoms with Crippen LogP contribution in [0, 0.1) is 13.8 Å². The summed E-state index contributed by atoms with van der Waals surface area (Å²) < 4.78 is 0. The summed E-state index contributed by atoms with van der Waals surface area (Å²) in [6, 6.07) is 5.85. The standard InChI is InChI=1S/C15H22N2O2/c1-10-5-6-13(7-11(10)2)17-8-12(3)16(4)15(19)14(17)9-18/h5-7,12,14,18H,8-9H2,1-4H3. The number of rotatable bonds is 2. The summed E-state index contributed by atoms with van der Waals surface area (Å²) in [4.78, 5) is 16.0. The van der Waals surface area contributed by atoms with Gasteiger partial charge in [-0.05, 0) is 44.0 Å². The Morgan fingerprint density at radius 1 is 1.32 bits per heavy atom. The molecule has 2 unspecified atom stereocenters. The summed E-state index contributed by atoms with van der Waals surface area (Å²) in [6.45, 7) is 6.76. The van der Waals surface area contributed by atoms with E-state index in [0.717, 1.165) is 12.2 Å². The predicted molar refractivity (Wildman–Crippen MR) is 76.4 cm³/mol. The van der Waals surface area contributed by atoms with Gasteiger partial charge in [-0.2, -0.15) is 0 Å². The predicted octanol–water partition coefficient (Wildman–Crippen LogP) is 1.33. The molecule has 4 heteroatoms. The van der Waals surface area contributed by atoms with Gasteiger partial charge in [-0.15, -0.1) is 0 Å². The molecule has 2 rings (SSSR count). The van der Waals surface area contributed by atoms with Gasteiger partial charge in [0.05, 0.1) is 6.61 Å². The molecule has 1 amide bonds. The van der Waals surface area contributed by atoms with Crippen LogP contribution in [0.15, 0.2) is 18.2 Å². The minimum Gasteiger partial charge on any atom is -0.394 e. The number of benzene rings is 1. The zero-order valence-corrected chi connectivity index (χ0v) is 12.1. The van der Waals surface area contributed by atoms with Gasteiger partial charge in [0, 0.05) is 25.3 Å². The van der Waals surface area contributed by atoms with E-state index in [2.05, 4.69) is 26.0 Å². The lowest BCUT2D eigenvalue weighted by Gasteiger charge is -2.43. The second kappa shape index (κ2) is 5.21. The van der Waals surface area contributed by atoms with Crippen LogP contribution in [0.5, 0.6) is 0 Å². The van der Waals surface area contributed by atoms with Crippen LogP contribution in [0.1, 0.15) is 18.1 Å². The molecule has 0 saturated carbocycles. The Balaban J connectivity index is 2.35. The number of aliphatic hydroxyl groups excluding tert-OH is 1. The summed E-state index contributed by atoms with van der Waals surface area (Å²) in [5.74, 6) is -0.0144. The SMILES string of the molecule is Cc1ccc(N2CC(C)N(C)C(=O)C2CO)cc1C. The van der Waals surface area contributed by atoms with Crippen LogP contribution in [-0.4, -0.2) is 48.2 Å². The normalized spacial score (nSPS) is 23.9. The van der Waals surface area contributed by atoms with Gasteiger partial charge in [0.25, 0.3) is 0 Å². The number of amides is 1. The van der Waals surface area contributed by atoms with Gasteiger partial charge in [-0.3, -0.25) is 4.79 Å². The molecule has 1 aromatic carbocycles. The molecule has 1 heterocycles. The molecule has 2 atom stereocenters. The molecular weight excluding hydrogens is 240 g/mol. The fourth-order valence-electron chi connectivity index (χ4n) is 2.49. The Morgan fingerprint density at radius 2 is 2.00 bits per heavy atom. The molecule has 0 spiro atoms. The number of aryl methyl sites for hydroxylation is 2. The van der Waals surface area contributed by atoms with Crippen molar-refractivity contribution < 1.29 is 9.90 Å². The third kappa shape index (κ3) is 2.45. The topological polar surface area (TPSA) is 43.8 Å². The van der Waals surface area contributed by atoms with Crippen LogP contribution in [0.25, 0.3) is 0 Å². The fourth-order valence-corrected chi connectivity index (χ4v) is 2.49. The summed E-state index contributed by atoms with van der Waals surface area (Å²) in [5.41, 5.74) is 3.45. The highest BCUT2D eigenvalue weighted by Gasteiger charge is 2.36. The second-order valence-corrected chi connectivity index (χ2v) is 5.42. The fraction of sp³-hybridized carbons (Fsp3) is 0.533. The van der Waals surface area contributed by atoms with E-state index < -0.39 is 6.04 Å². The van der Waals surface area contributed by atoms with Crippen molar-refractivity contribution in [3.05, 3.63) is 29.3 Å². The van der Waals surface area contributed by atoms with Gasteiger partial charge >= 0.3 is 0 Å². The Bertz CT molecular complexity index is 487. The van der Waals surface area contributed by atoms with E-state index in [4.69, 9.17) is 0 Å². The Hall–Kier alpha value is -1.55. The zero-order chi connectivity index (χ0) is 14.2. The molecule has 0 aromatic heterocycles. The number of anilines is 1. The maximum atomic E-state index is 12.2. The molecule has 1 N–H and O–H groups in total. The number of hydrogen-bond acceptors (Lipinski definition) is 3. The van der Waals surface area contributed by atoms with Gasteiger partial charge in [-0.25, -0.2) is 0 Å². The van der Waals surface area contributed by atoms with E-state index in [1.807, 2.05) is 17.9 Å². The van der Waals surface area contributed by atoms with Crippen LogP contribution < -0.4 is 4.90 Å². The minimum absolute atomic E-state index is 0.0144. The summed E-state index contributed by atoms with van der Waals surface area (Å²) in [6.07, 6.45) is 0. The smallest absolute Gasteiger partial charge is 0.247 e. The Morgan fingerprint density at radius 3 is 2.58 bits per heavy atom. The molecule has 1 aliphatic rings. The van der Waals surface area contributed by atoms with Crippen molar-refractivity contribution in [3.8, 4) is 0 Å². The quantitative estimate of drug-likeness (QED) is 0.874. The van der Waals surface area contributed by atoms with Gasteiger partial charge in [0.2, 0.25) is 5.91 Å². The Kier molecular flexibility index (Phi) is 3.80. The molecule has 1 aliphatic heterocycles. The molecule has 1 aromatic rings. The first kappa shape index (κ1) is 13.9. The lowest BCUT2D eigenvalue weighted by Crippen LogP contribution is -2.61.